The Bertz CT molecular complexity index is 1420. The molecule has 0 aromatic heterocycles. The maximum atomic E-state index is 12.3. The number of ether oxygens (including phenoxy) is 4. The van der Waals surface area contributed by atoms with Crippen molar-refractivity contribution in [1.29, 1.82) is 0 Å². The molecule has 36 heavy (non-hydrogen) atoms. The van der Waals surface area contributed by atoms with Crippen LogP contribution < -0.4 is 0 Å². The smallest absolute Gasteiger partial charge is 0.303 e. The van der Waals surface area contributed by atoms with Gasteiger partial charge in [-0.15, -0.1) is 0 Å². The van der Waals surface area contributed by atoms with E-state index in [4.69, 9.17) is 18.9 Å². The number of fused-ring (bicyclic) bond motifs is 2. The van der Waals surface area contributed by atoms with Crippen molar-refractivity contribution in [1.82, 2.24) is 0 Å². The molecule has 0 aliphatic heterocycles. The van der Waals surface area contributed by atoms with Gasteiger partial charge in [0, 0.05) is 49.9 Å². The lowest BCUT2D eigenvalue weighted by Gasteiger charge is -2.42. The molecule has 0 saturated heterocycles. The van der Waals surface area contributed by atoms with Crippen LogP contribution in [0, 0.1) is 0 Å². The second kappa shape index (κ2) is 8.78. The zero-order chi connectivity index (χ0) is 25.7. The van der Waals surface area contributed by atoms with Crippen LogP contribution in [0.5, 0.6) is 0 Å². The third kappa shape index (κ3) is 3.79. The molecule has 8 nitrogen and oxygen atoms in total. The number of carbonyl (C=O) groups is 4. The van der Waals surface area contributed by atoms with Gasteiger partial charge in [0.2, 0.25) is 0 Å². The molecule has 4 atom stereocenters. The molecule has 184 valence electrons. The average molecular weight is 488 g/mol. The molecular weight excluding hydrogens is 464 g/mol. The summed E-state index contributed by atoms with van der Waals surface area (Å²) < 4.78 is 23.0. The van der Waals surface area contributed by atoms with Crippen molar-refractivity contribution in [3.63, 3.8) is 0 Å². The SMILES string of the molecule is CC(=O)OC1c2cccc3c2-c2c(cc4ccccc4c2C(OC(C)=O)C3OC(C)=O)C1OC(C)=O. The first kappa shape index (κ1) is 23.5. The van der Waals surface area contributed by atoms with Gasteiger partial charge in [0.15, 0.2) is 24.4 Å². The van der Waals surface area contributed by atoms with Gasteiger partial charge < -0.3 is 18.9 Å². The third-order valence-electron chi connectivity index (χ3n) is 6.42. The fourth-order valence-corrected chi connectivity index (χ4v) is 5.40. The van der Waals surface area contributed by atoms with Crippen molar-refractivity contribution in [2.75, 3.05) is 0 Å². The summed E-state index contributed by atoms with van der Waals surface area (Å²) in [5, 5.41) is 1.60. The van der Waals surface area contributed by atoms with E-state index in [9.17, 15) is 19.2 Å². The first-order valence-electron chi connectivity index (χ1n) is 11.5. The lowest BCUT2D eigenvalue weighted by molar-refractivity contribution is -0.168. The molecule has 0 fully saturated rings. The second-order valence-corrected chi connectivity index (χ2v) is 8.91. The Hall–Kier alpha value is -4.20. The van der Waals surface area contributed by atoms with E-state index in [1.165, 1.54) is 27.7 Å². The number of hydrogen-bond donors (Lipinski definition) is 0. The zero-order valence-corrected chi connectivity index (χ0v) is 20.2. The molecule has 0 saturated carbocycles. The summed E-state index contributed by atoms with van der Waals surface area (Å²) in [7, 11) is 0. The highest BCUT2D eigenvalue weighted by atomic mass is 16.6. The number of esters is 4. The highest BCUT2D eigenvalue weighted by Gasteiger charge is 2.48. The van der Waals surface area contributed by atoms with Crippen LogP contribution in [0.1, 0.15) is 74.4 Å². The molecular formula is C28H24O8. The predicted octanol–water partition coefficient (Wildman–Crippen LogP) is 4.95. The van der Waals surface area contributed by atoms with Crippen molar-refractivity contribution in [3.8, 4) is 11.1 Å². The van der Waals surface area contributed by atoms with Crippen LogP contribution in [0.15, 0.2) is 48.5 Å². The standard InChI is InChI=1S/C28H24O8/c1-13(29)33-25-19-10-7-11-20-22(19)23-21(27(25)35-15(3)31)12-17-8-5-6-9-18(17)24(23)28(36-16(4)32)26(20)34-14(2)30/h5-12,25-28H,1-4H3. The van der Waals surface area contributed by atoms with Gasteiger partial charge in [0.1, 0.15) is 0 Å². The Morgan fingerprint density at radius 3 is 1.58 bits per heavy atom. The van der Waals surface area contributed by atoms with E-state index in [-0.39, 0.29) is 0 Å². The van der Waals surface area contributed by atoms with Crippen molar-refractivity contribution in [2.24, 2.45) is 0 Å². The highest BCUT2D eigenvalue weighted by Crippen LogP contribution is 2.59. The molecule has 0 radical (unpaired) electrons. The Kier molecular flexibility index (Phi) is 5.74. The lowest BCUT2D eigenvalue weighted by Crippen LogP contribution is -2.32. The monoisotopic (exact) mass is 488 g/mol. The van der Waals surface area contributed by atoms with Gasteiger partial charge in [-0.25, -0.2) is 0 Å². The maximum absolute atomic E-state index is 12.3. The number of rotatable bonds is 4. The van der Waals surface area contributed by atoms with E-state index in [0.29, 0.717) is 33.4 Å². The zero-order valence-electron chi connectivity index (χ0n) is 20.2. The molecule has 0 amide bonds. The normalized spacial score (nSPS) is 21.2. The summed E-state index contributed by atoms with van der Waals surface area (Å²) in [5.74, 6) is -2.15. The van der Waals surface area contributed by atoms with Crippen molar-refractivity contribution < 1.29 is 38.1 Å². The van der Waals surface area contributed by atoms with Gasteiger partial charge in [-0.05, 0) is 28.0 Å². The van der Waals surface area contributed by atoms with E-state index < -0.39 is 48.3 Å². The fourth-order valence-electron chi connectivity index (χ4n) is 5.40. The lowest BCUT2D eigenvalue weighted by atomic mass is 9.70. The van der Waals surface area contributed by atoms with Gasteiger partial charge in [-0.2, -0.15) is 0 Å². The largest absolute Gasteiger partial charge is 0.453 e. The summed E-state index contributed by atoms with van der Waals surface area (Å²) in [6, 6.07) is 14.7. The Morgan fingerprint density at radius 2 is 1.03 bits per heavy atom. The summed E-state index contributed by atoms with van der Waals surface area (Å²) in [6.07, 6.45) is -3.74. The molecule has 5 rings (SSSR count). The highest BCUT2D eigenvalue weighted by molar-refractivity contribution is 5.98. The summed E-state index contributed by atoms with van der Waals surface area (Å²) in [5.41, 5.74) is 3.89. The molecule has 0 N–H and O–H groups in total. The molecule has 2 aliphatic carbocycles. The number of benzene rings is 3. The molecule has 0 heterocycles. The number of carbonyl (C=O) groups excluding carboxylic acids is 4. The maximum Gasteiger partial charge on any atom is 0.303 e. The first-order valence-corrected chi connectivity index (χ1v) is 11.5. The van der Waals surface area contributed by atoms with E-state index in [1.807, 2.05) is 30.3 Å². The number of hydrogen-bond acceptors (Lipinski definition) is 8. The summed E-state index contributed by atoms with van der Waals surface area (Å²) >= 11 is 0. The minimum atomic E-state index is -0.947. The van der Waals surface area contributed by atoms with Crippen LogP contribution in [-0.2, 0) is 38.1 Å². The van der Waals surface area contributed by atoms with E-state index >= 15 is 0 Å². The minimum absolute atomic E-state index is 0.538. The Balaban J connectivity index is 1.92. The first-order chi connectivity index (χ1) is 17.2. The van der Waals surface area contributed by atoms with Crippen LogP contribution in [-0.4, -0.2) is 23.9 Å². The third-order valence-corrected chi connectivity index (χ3v) is 6.42. The molecule has 3 aromatic carbocycles. The van der Waals surface area contributed by atoms with Gasteiger partial charge in [-0.3, -0.25) is 19.2 Å². The molecule has 0 bridgehead atoms. The average Bonchev–Trinajstić information content (AvgIpc) is 2.80. The quantitative estimate of drug-likeness (QED) is 0.375. The van der Waals surface area contributed by atoms with Crippen molar-refractivity contribution >= 4 is 34.6 Å². The van der Waals surface area contributed by atoms with Crippen LogP contribution in [0.4, 0.5) is 0 Å². The molecule has 4 unspecified atom stereocenters. The van der Waals surface area contributed by atoms with Crippen LogP contribution >= 0.6 is 0 Å². The second-order valence-electron chi connectivity index (χ2n) is 8.91. The van der Waals surface area contributed by atoms with Crippen LogP contribution in [0.25, 0.3) is 21.9 Å². The Morgan fingerprint density at radius 1 is 0.556 bits per heavy atom. The molecule has 3 aromatic rings. The van der Waals surface area contributed by atoms with Crippen molar-refractivity contribution in [3.05, 3.63) is 70.8 Å². The topological polar surface area (TPSA) is 105 Å². The predicted molar refractivity (Wildman–Crippen MR) is 127 cm³/mol. The van der Waals surface area contributed by atoms with Gasteiger partial charge in [-0.1, -0.05) is 42.5 Å². The van der Waals surface area contributed by atoms with Crippen LogP contribution in [0.3, 0.4) is 0 Å². The summed E-state index contributed by atoms with van der Waals surface area (Å²) in [6.45, 7) is 5.18. The minimum Gasteiger partial charge on any atom is -0.453 e. The van der Waals surface area contributed by atoms with E-state index in [0.717, 1.165) is 10.8 Å². The molecule has 8 heteroatoms. The van der Waals surface area contributed by atoms with Gasteiger partial charge in [0.25, 0.3) is 0 Å². The molecule has 0 spiro atoms. The Labute approximate surface area is 207 Å². The van der Waals surface area contributed by atoms with Gasteiger partial charge >= 0.3 is 23.9 Å². The summed E-state index contributed by atoms with van der Waals surface area (Å²) in [4.78, 5) is 48.8. The van der Waals surface area contributed by atoms with Crippen LogP contribution in [0.2, 0.25) is 0 Å². The van der Waals surface area contributed by atoms with E-state index in [1.54, 1.807) is 18.2 Å². The fraction of sp³-hybridized carbons (Fsp3) is 0.286. The van der Waals surface area contributed by atoms with E-state index in [2.05, 4.69) is 0 Å². The van der Waals surface area contributed by atoms with Gasteiger partial charge in [0.05, 0.1) is 0 Å². The molecule has 2 aliphatic rings. The van der Waals surface area contributed by atoms with Crippen molar-refractivity contribution in [2.45, 2.75) is 52.1 Å².